The van der Waals surface area contributed by atoms with Gasteiger partial charge in [-0.05, 0) is 36.4 Å². The molecule has 0 unspecified atom stereocenters. The van der Waals surface area contributed by atoms with Crippen molar-refractivity contribution in [1.29, 1.82) is 0 Å². The smallest absolute Gasteiger partial charge is 0.296 e. The molecule has 0 saturated carbocycles. The normalized spacial score (nSPS) is 10.8. The number of hydrogen-bond acceptors (Lipinski definition) is 6. The minimum absolute atomic E-state index is 0.0740. The van der Waals surface area contributed by atoms with Crippen LogP contribution in [0.3, 0.4) is 0 Å². The second-order valence-electron chi connectivity index (χ2n) is 6.13. The first-order valence-corrected chi connectivity index (χ1v) is 8.55. The summed E-state index contributed by atoms with van der Waals surface area (Å²) in [6.07, 6.45) is 3.14. The van der Waals surface area contributed by atoms with E-state index in [1.807, 2.05) is 12.1 Å². The summed E-state index contributed by atoms with van der Waals surface area (Å²) in [6, 6.07) is 11.5. The predicted molar refractivity (Wildman–Crippen MR) is 98.9 cm³/mol. The highest BCUT2D eigenvalue weighted by Crippen LogP contribution is 2.28. The van der Waals surface area contributed by atoms with Crippen molar-refractivity contribution in [1.82, 2.24) is 0 Å². The maximum absolute atomic E-state index is 12.6. The van der Waals surface area contributed by atoms with Gasteiger partial charge in [0.05, 0.1) is 30.6 Å². The van der Waals surface area contributed by atoms with E-state index in [-0.39, 0.29) is 23.8 Å². The average molecular weight is 386 g/mol. The Morgan fingerprint density at radius 3 is 2.29 bits per heavy atom. The SMILES string of the molecule is COc1ccc(NC(=O)C[NH+](Cc2ccco2)Cc2ccco2)c([N+](=O)[O-])c1. The first-order valence-electron chi connectivity index (χ1n) is 8.55. The number of carbonyl (C=O) groups is 1. The van der Waals surface area contributed by atoms with Crippen LogP contribution in [-0.2, 0) is 17.9 Å². The molecular formula is C19H20N3O6+. The maximum Gasteiger partial charge on any atom is 0.296 e. The van der Waals surface area contributed by atoms with Crippen LogP contribution in [0.2, 0.25) is 0 Å². The number of hydrogen-bond donors (Lipinski definition) is 2. The number of quaternary nitrogens is 1. The van der Waals surface area contributed by atoms with Gasteiger partial charge in [0.15, 0.2) is 18.1 Å². The summed E-state index contributed by atoms with van der Waals surface area (Å²) >= 11 is 0. The van der Waals surface area contributed by atoms with Crippen LogP contribution in [0.1, 0.15) is 11.5 Å². The van der Waals surface area contributed by atoms with Gasteiger partial charge in [0.2, 0.25) is 0 Å². The third kappa shape index (κ3) is 4.98. The van der Waals surface area contributed by atoms with E-state index in [0.29, 0.717) is 18.8 Å². The molecule has 1 aromatic carbocycles. The van der Waals surface area contributed by atoms with Gasteiger partial charge in [-0.25, -0.2) is 0 Å². The quantitative estimate of drug-likeness (QED) is 0.430. The number of carbonyl (C=O) groups excluding carboxylic acids is 1. The van der Waals surface area contributed by atoms with Crippen LogP contribution < -0.4 is 15.0 Å². The van der Waals surface area contributed by atoms with E-state index in [2.05, 4.69) is 5.32 Å². The third-order valence-electron chi connectivity index (χ3n) is 4.09. The van der Waals surface area contributed by atoms with Crippen molar-refractivity contribution in [3.63, 3.8) is 0 Å². The molecule has 0 aliphatic rings. The minimum Gasteiger partial charge on any atom is -0.496 e. The van der Waals surface area contributed by atoms with E-state index in [1.165, 1.54) is 19.2 Å². The Morgan fingerprint density at radius 2 is 1.79 bits per heavy atom. The Balaban J connectivity index is 1.72. The fraction of sp³-hybridized carbons (Fsp3) is 0.211. The summed E-state index contributed by atoms with van der Waals surface area (Å²) in [5.74, 6) is 1.43. The van der Waals surface area contributed by atoms with E-state index in [4.69, 9.17) is 13.6 Å². The predicted octanol–water partition coefficient (Wildman–Crippen LogP) is 2.01. The number of furan rings is 2. The van der Waals surface area contributed by atoms with E-state index < -0.39 is 4.92 Å². The first kappa shape index (κ1) is 19.2. The van der Waals surface area contributed by atoms with Crippen LogP contribution in [0, 0.1) is 10.1 Å². The second kappa shape index (κ2) is 8.87. The molecule has 1 amide bonds. The molecule has 2 aromatic heterocycles. The van der Waals surface area contributed by atoms with Crippen molar-refractivity contribution < 1.29 is 28.2 Å². The summed E-state index contributed by atoms with van der Waals surface area (Å²) in [4.78, 5) is 24.1. The number of ether oxygens (including phenoxy) is 1. The Kier molecular flexibility index (Phi) is 6.07. The average Bonchev–Trinajstić information content (AvgIpc) is 3.36. The van der Waals surface area contributed by atoms with Gasteiger partial charge in [-0.2, -0.15) is 0 Å². The fourth-order valence-electron chi connectivity index (χ4n) is 2.82. The van der Waals surface area contributed by atoms with E-state index >= 15 is 0 Å². The van der Waals surface area contributed by atoms with Gasteiger partial charge in [0, 0.05) is 0 Å². The molecule has 28 heavy (non-hydrogen) atoms. The molecule has 0 saturated heterocycles. The van der Waals surface area contributed by atoms with E-state index in [0.717, 1.165) is 16.4 Å². The lowest BCUT2D eigenvalue weighted by molar-refractivity contribution is -0.921. The largest absolute Gasteiger partial charge is 0.496 e. The molecule has 0 aliphatic heterocycles. The minimum atomic E-state index is -0.561. The molecule has 0 spiro atoms. The van der Waals surface area contributed by atoms with Gasteiger partial charge in [0.25, 0.3) is 11.6 Å². The summed E-state index contributed by atoms with van der Waals surface area (Å²) in [6.45, 7) is 1.00. The highest BCUT2D eigenvalue weighted by Gasteiger charge is 2.22. The fourth-order valence-corrected chi connectivity index (χ4v) is 2.82. The molecule has 0 fully saturated rings. The standard InChI is InChI=1S/C19H19N3O6/c1-26-14-6-7-17(18(10-14)22(24)25)20-19(23)13-21(11-15-4-2-8-27-15)12-16-5-3-9-28-16/h2-10H,11-13H2,1H3,(H,20,23)/p+1. The van der Waals surface area contributed by atoms with Crippen LogP contribution in [-0.4, -0.2) is 24.5 Å². The molecule has 146 valence electrons. The third-order valence-corrected chi connectivity index (χ3v) is 4.09. The monoisotopic (exact) mass is 386 g/mol. The zero-order valence-corrected chi connectivity index (χ0v) is 15.2. The summed E-state index contributed by atoms with van der Waals surface area (Å²) in [7, 11) is 1.42. The number of benzene rings is 1. The van der Waals surface area contributed by atoms with E-state index in [9.17, 15) is 14.9 Å². The highest BCUT2D eigenvalue weighted by atomic mass is 16.6. The molecule has 9 heteroatoms. The van der Waals surface area contributed by atoms with Crippen LogP contribution in [0.5, 0.6) is 5.75 Å². The summed E-state index contributed by atoms with van der Waals surface area (Å²) in [5, 5.41) is 13.9. The van der Waals surface area contributed by atoms with Crippen molar-refractivity contribution in [3.05, 3.63) is 76.6 Å². The van der Waals surface area contributed by atoms with Crippen LogP contribution in [0.4, 0.5) is 11.4 Å². The zero-order chi connectivity index (χ0) is 19.9. The van der Waals surface area contributed by atoms with Crippen molar-refractivity contribution >= 4 is 17.3 Å². The van der Waals surface area contributed by atoms with Crippen LogP contribution in [0.15, 0.2) is 63.8 Å². The number of nitro benzene ring substituents is 1. The lowest BCUT2D eigenvalue weighted by Crippen LogP contribution is -3.10. The maximum atomic E-state index is 12.6. The number of rotatable bonds is 9. The number of nitrogens with one attached hydrogen (secondary N) is 2. The number of nitrogens with zero attached hydrogens (tertiary/aromatic N) is 1. The summed E-state index contributed by atoms with van der Waals surface area (Å²) in [5.41, 5.74) is -0.113. The Morgan fingerprint density at radius 1 is 1.14 bits per heavy atom. The first-order chi connectivity index (χ1) is 13.5. The molecule has 2 N–H and O–H groups in total. The zero-order valence-electron chi connectivity index (χ0n) is 15.2. The van der Waals surface area contributed by atoms with Crippen molar-refractivity contribution in [2.75, 3.05) is 19.0 Å². The molecule has 0 bridgehead atoms. The number of amides is 1. The van der Waals surface area contributed by atoms with Gasteiger partial charge >= 0.3 is 0 Å². The van der Waals surface area contributed by atoms with Crippen LogP contribution >= 0.6 is 0 Å². The Labute approximate surface area is 160 Å². The summed E-state index contributed by atoms with van der Waals surface area (Å²) < 4.78 is 15.8. The number of anilines is 1. The molecule has 2 heterocycles. The van der Waals surface area contributed by atoms with Gasteiger partial charge in [0.1, 0.15) is 24.5 Å². The van der Waals surface area contributed by atoms with Gasteiger partial charge in [-0.1, -0.05) is 0 Å². The Hall–Kier alpha value is -3.59. The molecule has 9 nitrogen and oxygen atoms in total. The van der Waals surface area contributed by atoms with Crippen LogP contribution in [0.25, 0.3) is 0 Å². The van der Waals surface area contributed by atoms with Gasteiger partial charge in [-0.15, -0.1) is 0 Å². The molecule has 0 radical (unpaired) electrons. The topological polar surface area (TPSA) is 112 Å². The van der Waals surface area contributed by atoms with Crippen molar-refractivity contribution in [3.8, 4) is 5.75 Å². The molecule has 0 atom stereocenters. The lowest BCUT2D eigenvalue weighted by atomic mass is 10.2. The molecule has 3 aromatic rings. The second-order valence-corrected chi connectivity index (χ2v) is 6.13. The number of methoxy groups -OCH3 is 1. The Bertz CT molecular complexity index is 885. The van der Waals surface area contributed by atoms with Crippen molar-refractivity contribution in [2.24, 2.45) is 0 Å². The lowest BCUT2D eigenvalue weighted by Gasteiger charge is -2.17. The van der Waals surface area contributed by atoms with Crippen molar-refractivity contribution in [2.45, 2.75) is 13.1 Å². The molecule has 3 rings (SSSR count). The highest BCUT2D eigenvalue weighted by molar-refractivity contribution is 5.93. The number of nitro groups is 1. The van der Waals surface area contributed by atoms with E-state index in [1.54, 1.807) is 30.7 Å². The van der Waals surface area contributed by atoms with Gasteiger partial charge in [-0.3, -0.25) is 14.9 Å². The molecule has 0 aliphatic carbocycles. The molecular weight excluding hydrogens is 366 g/mol. The van der Waals surface area contributed by atoms with Gasteiger partial charge < -0.3 is 23.8 Å².